The lowest BCUT2D eigenvalue weighted by molar-refractivity contribution is -0.116. The predicted octanol–water partition coefficient (Wildman–Crippen LogP) is 4.96. The maximum absolute atomic E-state index is 13.4. The number of rotatable bonds is 2. The van der Waals surface area contributed by atoms with E-state index in [0.717, 1.165) is 39.2 Å². The highest BCUT2D eigenvalue weighted by Gasteiger charge is 2.41. The zero-order chi connectivity index (χ0) is 20.1. The van der Waals surface area contributed by atoms with Crippen LogP contribution in [0.1, 0.15) is 52.6 Å². The highest BCUT2D eigenvalue weighted by atomic mass is 16.5. The summed E-state index contributed by atoms with van der Waals surface area (Å²) in [4.78, 5) is 13.4. The number of phenolic OH excluding ortho intramolecular Hbond substituents is 1. The highest BCUT2D eigenvalue weighted by molar-refractivity contribution is 6.01. The second-order valence-electron chi connectivity index (χ2n) is 7.90. The number of hydrogen-bond donors (Lipinski definition) is 2. The molecule has 2 aliphatic rings. The summed E-state index contributed by atoms with van der Waals surface area (Å²) in [6.07, 6.45) is 1.01. The van der Waals surface area contributed by atoms with Gasteiger partial charge in [-0.15, -0.1) is 0 Å². The van der Waals surface area contributed by atoms with E-state index in [4.69, 9.17) is 4.52 Å². The zero-order valence-corrected chi connectivity index (χ0v) is 16.4. The van der Waals surface area contributed by atoms with Crippen LogP contribution in [0.25, 0.3) is 0 Å². The Morgan fingerprint density at radius 1 is 1.03 bits per heavy atom. The lowest BCUT2D eigenvalue weighted by atomic mass is 9.71. The summed E-state index contributed by atoms with van der Waals surface area (Å²) in [5.74, 6) is 0.688. The molecule has 0 fully saturated rings. The Hall–Kier alpha value is -3.34. The molecule has 5 nitrogen and oxygen atoms in total. The van der Waals surface area contributed by atoms with E-state index >= 15 is 0 Å². The van der Waals surface area contributed by atoms with E-state index in [2.05, 4.69) is 29.5 Å². The number of nitrogens with one attached hydrogen (secondary N) is 1. The summed E-state index contributed by atoms with van der Waals surface area (Å²) in [5, 5.41) is 17.8. The fourth-order valence-corrected chi connectivity index (χ4v) is 4.75. The number of allylic oxidation sites excluding steroid dienone is 2. The van der Waals surface area contributed by atoms with Crippen LogP contribution < -0.4 is 5.32 Å². The van der Waals surface area contributed by atoms with Crippen molar-refractivity contribution in [2.24, 2.45) is 0 Å². The number of para-hydroxylation sites is 1. The maximum Gasteiger partial charge on any atom is 0.233 e. The van der Waals surface area contributed by atoms with Crippen molar-refractivity contribution in [2.75, 3.05) is 5.32 Å². The fraction of sp³-hybridized carbons (Fsp3) is 0.250. The Kier molecular flexibility index (Phi) is 4.05. The molecule has 3 aromatic rings. The molecule has 29 heavy (non-hydrogen) atoms. The third-order valence-electron chi connectivity index (χ3n) is 6.13. The number of aryl methyl sites for hydroxylation is 2. The second kappa shape index (κ2) is 6.62. The van der Waals surface area contributed by atoms with Gasteiger partial charge in [-0.25, -0.2) is 0 Å². The average Bonchev–Trinajstić information content (AvgIpc) is 3.08. The molecule has 1 aliphatic carbocycles. The summed E-state index contributed by atoms with van der Waals surface area (Å²) in [7, 11) is 0. The quantitative estimate of drug-likeness (QED) is 0.651. The molecule has 0 saturated carbocycles. The second-order valence-corrected chi connectivity index (χ2v) is 7.90. The van der Waals surface area contributed by atoms with Crippen LogP contribution in [0.15, 0.2) is 64.3 Å². The van der Waals surface area contributed by atoms with Crippen molar-refractivity contribution in [2.45, 2.75) is 38.5 Å². The van der Waals surface area contributed by atoms with Gasteiger partial charge in [-0.1, -0.05) is 47.6 Å². The summed E-state index contributed by atoms with van der Waals surface area (Å²) >= 11 is 0. The molecule has 0 radical (unpaired) electrons. The van der Waals surface area contributed by atoms with Gasteiger partial charge in [-0.05, 0) is 43.0 Å². The van der Waals surface area contributed by atoms with E-state index in [0.29, 0.717) is 18.7 Å². The Morgan fingerprint density at radius 3 is 2.52 bits per heavy atom. The van der Waals surface area contributed by atoms with Gasteiger partial charge in [0.1, 0.15) is 5.75 Å². The molecule has 5 heteroatoms. The van der Waals surface area contributed by atoms with Crippen LogP contribution in [-0.2, 0) is 4.79 Å². The van der Waals surface area contributed by atoms with Crippen molar-refractivity contribution in [1.29, 1.82) is 0 Å². The molecule has 0 bridgehead atoms. The predicted molar refractivity (Wildman–Crippen MR) is 110 cm³/mol. The molecule has 1 aromatic heterocycles. The standard InChI is InChI=1S/C24H22N2O3/c1-13-7-3-4-8-16(13)22-21-14(2)26-29-24(21)25-18-11-15(12-20(28)23(18)22)17-9-5-6-10-19(17)27/h3-10,15,22,25,27H,11-12H2,1-2H3/t15-,22-/m0/s1. The lowest BCUT2D eigenvalue weighted by Crippen LogP contribution is -2.29. The van der Waals surface area contributed by atoms with Crippen molar-refractivity contribution < 1.29 is 14.4 Å². The van der Waals surface area contributed by atoms with Crippen LogP contribution in [-0.4, -0.2) is 16.0 Å². The number of hydrogen-bond acceptors (Lipinski definition) is 5. The van der Waals surface area contributed by atoms with Gasteiger partial charge in [0.05, 0.1) is 11.3 Å². The maximum atomic E-state index is 13.4. The van der Waals surface area contributed by atoms with Crippen LogP contribution in [0.2, 0.25) is 0 Å². The number of carbonyl (C=O) groups is 1. The molecule has 0 amide bonds. The normalized spacial score (nSPS) is 20.8. The summed E-state index contributed by atoms with van der Waals surface area (Å²) in [6.45, 7) is 3.98. The van der Waals surface area contributed by atoms with E-state index in [1.807, 2.05) is 31.2 Å². The van der Waals surface area contributed by atoms with Crippen LogP contribution in [0, 0.1) is 13.8 Å². The molecule has 0 spiro atoms. The number of aromatic nitrogens is 1. The van der Waals surface area contributed by atoms with Crippen molar-refractivity contribution >= 4 is 11.7 Å². The van der Waals surface area contributed by atoms with Gasteiger partial charge in [0.2, 0.25) is 5.88 Å². The number of fused-ring (bicyclic) bond motifs is 1. The molecule has 2 aromatic carbocycles. The highest BCUT2D eigenvalue weighted by Crippen LogP contribution is 2.50. The minimum atomic E-state index is -0.188. The Bertz CT molecular complexity index is 1160. The number of ketones is 1. The zero-order valence-electron chi connectivity index (χ0n) is 16.4. The number of benzene rings is 2. The molecule has 146 valence electrons. The first kappa shape index (κ1) is 17.7. The number of aromatic hydroxyl groups is 1. The lowest BCUT2D eigenvalue weighted by Gasteiger charge is -2.35. The van der Waals surface area contributed by atoms with Crippen molar-refractivity contribution in [3.63, 3.8) is 0 Å². The topological polar surface area (TPSA) is 75.4 Å². The molecular formula is C24H22N2O3. The average molecular weight is 386 g/mol. The minimum Gasteiger partial charge on any atom is -0.508 e. The van der Waals surface area contributed by atoms with Gasteiger partial charge in [0.25, 0.3) is 0 Å². The van der Waals surface area contributed by atoms with Gasteiger partial charge >= 0.3 is 0 Å². The number of phenols is 1. The number of carbonyl (C=O) groups excluding carboxylic acids is 1. The fourth-order valence-electron chi connectivity index (χ4n) is 4.75. The van der Waals surface area contributed by atoms with Crippen LogP contribution in [0.3, 0.4) is 0 Å². The van der Waals surface area contributed by atoms with E-state index < -0.39 is 0 Å². The van der Waals surface area contributed by atoms with E-state index in [-0.39, 0.29) is 23.4 Å². The molecule has 2 N–H and O–H groups in total. The van der Waals surface area contributed by atoms with Gasteiger partial charge in [-0.2, -0.15) is 0 Å². The molecule has 5 rings (SSSR count). The number of Topliss-reactive ketones (excluding diaryl/α,β-unsaturated/α-hetero) is 1. The number of nitrogens with zero attached hydrogens (tertiary/aromatic N) is 1. The molecular weight excluding hydrogens is 364 g/mol. The van der Waals surface area contributed by atoms with Crippen molar-refractivity contribution in [3.05, 3.63) is 87.7 Å². The summed E-state index contributed by atoms with van der Waals surface area (Å²) in [5.41, 5.74) is 6.43. The van der Waals surface area contributed by atoms with Crippen LogP contribution in [0.5, 0.6) is 5.75 Å². The minimum absolute atomic E-state index is 0.0713. The third-order valence-corrected chi connectivity index (χ3v) is 6.13. The Balaban J connectivity index is 1.66. The van der Waals surface area contributed by atoms with Gasteiger partial charge < -0.3 is 14.9 Å². The Morgan fingerprint density at radius 2 is 1.76 bits per heavy atom. The molecule has 0 saturated heterocycles. The van der Waals surface area contributed by atoms with E-state index in [9.17, 15) is 9.90 Å². The van der Waals surface area contributed by atoms with Crippen molar-refractivity contribution in [1.82, 2.24) is 5.16 Å². The van der Waals surface area contributed by atoms with E-state index in [1.54, 1.807) is 12.1 Å². The summed E-state index contributed by atoms with van der Waals surface area (Å²) < 4.78 is 5.57. The van der Waals surface area contributed by atoms with Gasteiger partial charge in [-0.3, -0.25) is 4.79 Å². The van der Waals surface area contributed by atoms with E-state index in [1.165, 1.54) is 0 Å². The molecule has 1 aliphatic heterocycles. The molecule has 0 unspecified atom stereocenters. The van der Waals surface area contributed by atoms with Crippen LogP contribution in [0.4, 0.5) is 5.88 Å². The van der Waals surface area contributed by atoms with Crippen LogP contribution >= 0.6 is 0 Å². The Labute approximate surface area is 169 Å². The van der Waals surface area contributed by atoms with Gasteiger partial charge in [0.15, 0.2) is 5.78 Å². The summed E-state index contributed by atoms with van der Waals surface area (Å²) in [6, 6.07) is 15.4. The first-order chi connectivity index (χ1) is 14.0. The first-order valence-corrected chi connectivity index (χ1v) is 9.87. The smallest absolute Gasteiger partial charge is 0.233 e. The third kappa shape index (κ3) is 2.77. The largest absolute Gasteiger partial charge is 0.508 e. The van der Waals surface area contributed by atoms with Gasteiger partial charge in [0, 0.05) is 29.5 Å². The first-order valence-electron chi connectivity index (χ1n) is 9.87. The van der Waals surface area contributed by atoms with Crippen molar-refractivity contribution in [3.8, 4) is 5.75 Å². The number of anilines is 1. The molecule has 2 atom stereocenters. The molecule has 2 heterocycles. The monoisotopic (exact) mass is 386 g/mol. The SMILES string of the molecule is Cc1ccccc1[C@@H]1C2=C(C[C@H](c3ccccc3O)CC2=O)Nc2onc(C)c21.